The van der Waals surface area contributed by atoms with Gasteiger partial charge in [0.25, 0.3) is 0 Å². The lowest BCUT2D eigenvalue weighted by Gasteiger charge is -2.12. The van der Waals surface area contributed by atoms with Gasteiger partial charge in [-0.1, -0.05) is 36.4 Å². The molecule has 1 aliphatic carbocycles. The molecule has 1 heteroatoms. The molecule has 0 aromatic carbocycles. The molecular formula is C6H11I. The van der Waals surface area contributed by atoms with Crippen molar-refractivity contribution in [2.24, 2.45) is 5.92 Å². The third-order valence-electron chi connectivity index (χ3n) is 1.55. The Labute approximate surface area is 58.8 Å². The Bertz CT molecular complexity index is 66.7. The molecule has 0 radical (unpaired) electrons. The van der Waals surface area contributed by atoms with Crippen molar-refractivity contribution in [3.8, 4) is 0 Å². The topological polar surface area (TPSA) is 0 Å². The van der Waals surface area contributed by atoms with Crippen LogP contribution >= 0.6 is 22.6 Å². The summed E-state index contributed by atoms with van der Waals surface area (Å²) in [6, 6.07) is 0. The number of alkyl halides is 1. The number of rotatable bonds is 1. The Morgan fingerprint density at radius 1 is 1.43 bits per heavy atom. The molecule has 0 aliphatic heterocycles. The van der Waals surface area contributed by atoms with Gasteiger partial charge in [0.05, 0.1) is 0 Å². The third-order valence-corrected chi connectivity index (χ3v) is 2.43. The first-order valence-corrected chi connectivity index (χ1v) is 3.87. The quantitative estimate of drug-likeness (QED) is 0.461. The van der Waals surface area contributed by atoms with Crippen molar-refractivity contribution in [1.29, 1.82) is 0 Å². The molecule has 0 unspecified atom stereocenters. The molecule has 0 bridgehead atoms. The lowest BCUT2D eigenvalue weighted by Crippen LogP contribution is -2.10. The second kappa shape index (κ2) is 1.61. The normalized spacial score (nSPS) is 22.7. The molecule has 0 aromatic heterocycles. The Morgan fingerprint density at radius 3 is 1.86 bits per heavy atom. The average Bonchev–Trinajstić information content (AvgIpc) is 1.99. The first-order chi connectivity index (χ1) is 3.11. The van der Waals surface area contributed by atoms with Crippen LogP contribution in [-0.2, 0) is 0 Å². The van der Waals surface area contributed by atoms with Gasteiger partial charge in [-0.05, 0) is 18.8 Å². The van der Waals surface area contributed by atoms with Crippen LogP contribution in [-0.4, -0.2) is 3.42 Å². The molecule has 0 atom stereocenters. The molecule has 0 spiro atoms. The molecule has 1 saturated carbocycles. The molecule has 7 heavy (non-hydrogen) atoms. The van der Waals surface area contributed by atoms with Crippen LogP contribution in [0.2, 0.25) is 0 Å². The fourth-order valence-electron chi connectivity index (χ4n) is 0.770. The summed E-state index contributed by atoms with van der Waals surface area (Å²) in [5.74, 6) is 1.04. The first-order valence-electron chi connectivity index (χ1n) is 2.79. The maximum Gasteiger partial charge on any atom is 0.0194 e. The van der Waals surface area contributed by atoms with Crippen LogP contribution in [0, 0.1) is 5.92 Å². The van der Waals surface area contributed by atoms with E-state index in [4.69, 9.17) is 0 Å². The van der Waals surface area contributed by atoms with Crippen molar-refractivity contribution in [1.82, 2.24) is 0 Å². The molecule has 42 valence electrons. The van der Waals surface area contributed by atoms with Gasteiger partial charge >= 0.3 is 0 Å². The van der Waals surface area contributed by atoms with E-state index in [1.54, 1.807) is 0 Å². The third kappa shape index (κ3) is 1.59. The second-order valence-corrected chi connectivity index (χ2v) is 5.62. The van der Waals surface area contributed by atoms with Crippen molar-refractivity contribution < 1.29 is 0 Å². The largest absolute Gasteiger partial charge is 0.0792 e. The van der Waals surface area contributed by atoms with E-state index in [2.05, 4.69) is 36.4 Å². The lowest BCUT2D eigenvalue weighted by atomic mass is 10.1. The summed E-state index contributed by atoms with van der Waals surface area (Å²) in [4.78, 5) is 0. The van der Waals surface area contributed by atoms with Gasteiger partial charge in [0.1, 0.15) is 0 Å². The maximum atomic E-state index is 2.53. The van der Waals surface area contributed by atoms with Gasteiger partial charge in [-0.25, -0.2) is 0 Å². The van der Waals surface area contributed by atoms with Crippen molar-refractivity contribution in [2.45, 2.75) is 30.1 Å². The van der Waals surface area contributed by atoms with E-state index in [1.807, 2.05) is 0 Å². The molecule has 0 nitrogen and oxygen atoms in total. The summed E-state index contributed by atoms with van der Waals surface area (Å²) in [6.07, 6.45) is 2.94. The van der Waals surface area contributed by atoms with Crippen molar-refractivity contribution in [3.63, 3.8) is 0 Å². The van der Waals surface area contributed by atoms with E-state index < -0.39 is 0 Å². The molecular weight excluding hydrogens is 199 g/mol. The highest BCUT2D eigenvalue weighted by Gasteiger charge is 2.34. The molecule has 1 fully saturated rings. The number of hydrogen-bond acceptors (Lipinski definition) is 0. The Kier molecular flexibility index (Phi) is 1.34. The van der Waals surface area contributed by atoms with Crippen molar-refractivity contribution in [2.75, 3.05) is 0 Å². The fraction of sp³-hybridized carbons (Fsp3) is 1.00. The van der Waals surface area contributed by atoms with Gasteiger partial charge in [-0.15, -0.1) is 0 Å². The lowest BCUT2D eigenvalue weighted by molar-refractivity contribution is 0.652. The van der Waals surface area contributed by atoms with E-state index in [0.717, 1.165) is 5.92 Å². The van der Waals surface area contributed by atoms with Gasteiger partial charge in [0.2, 0.25) is 0 Å². The van der Waals surface area contributed by atoms with Gasteiger partial charge in [0.15, 0.2) is 0 Å². The molecule has 0 aromatic rings. The summed E-state index contributed by atoms with van der Waals surface area (Å²) < 4.78 is 0.581. The van der Waals surface area contributed by atoms with Gasteiger partial charge in [-0.2, -0.15) is 0 Å². The highest BCUT2D eigenvalue weighted by atomic mass is 127. The van der Waals surface area contributed by atoms with E-state index in [1.165, 1.54) is 12.8 Å². The van der Waals surface area contributed by atoms with Crippen molar-refractivity contribution in [3.05, 3.63) is 0 Å². The summed E-state index contributed by atoms with van der Waals surface area (Å²) in [7, 11) is 0. The predicted octanol–water partition coefficient (Wildman–Crippen LogP) is 2.61. The van der Waals surface area contributed by atoms with Crippen LogP contribution in [0.4, 0.5) is 0 Å². The van der Waals surface area contributed by atoms with Gasteiger partial charge in [-0.3, -0.25) is 0 Å². The zero-order valence-electron chi connectivity index (χ0n) is 4.87. The Balaban J connectivity index is 2.36. The molecule has 0 amide bonds. The van der Waals surface area contributed by atoms with Crippen LogP contribution < -0.4 is 0 Å². The number of hydrogen-bond donors (Lipinski definition) is 0. The Hall–Kier alpha value is 0.730. The molecule has 0 N–H and O–H groups in total. The minimum Gasteiger partial charge on any atom is -0.0792 e. The van der Waals surface area contributed by atoms with Crippen LogP contribution in [0.5, 0.6) is 0 Å². The monoisotopic (exact) mass is 210 g/mol. The van der Waals surface area contributed by atoms with Crippen LogP contribution in [0.3, 0.4) is 0 Å². The first kappa shape index (κ1) is 5.86. The summed E-state index contributed by atoms with van der Waals surface area (Å²) in [5.41, 5.74) is 0. The van der Waals surface area contributed by atoms with Crippen molar-refractivity contribution >= 4 is 22.6 Å². The minimum absolute atomic E-state index is 0.581. The van der Waals surface area contributed by atoms with Crippen LogP contribution in [0.15, 0.2) is 0 Å². The SMILES string of the molecule is CC(C)(I)C1CC1. The van der Waals surface area contributed by atoms with E-state index in [9.17, 15) is 0 Å². The van der Waals surface area contributed by atoms with E-state index in [-0.39, 0.29) is 0 Å². The second-order valence-electron chi connectivity index (χ2n) is 2.84. The summed E-state index contributed by atoms with van der Waals surface area (Å²) >= 11 is 2.53. The summed E-state index contributed by atoms with van der Waals surface area (Å²) in [6.45, 7) is 4.62. The van der Waals surface area contributed by atoms with Gasteiger partial charge < -0.3 is 0 Å². The zero-order chi connectivity index (χ0) is 5.49. The predicted molar refractivity (Wildman–Crippen MR) is 40.8 cm³/mol. The standard InChI is InChI=1S/C6H11I/c1-6(2,7)5-3-4-5/h5H,3-4H2,1-2H3. The molecule has 0 saturated heterocycles. The highest BCUT2D eigenvalue weighted by Crippen LogP contribution is 2.44. The minimum atomic E-state index is 0.581. The smallest absolute Gasteiger partial charge is 0.0194 e. The number of halogens is 1. The fourth-order valence-corrected chi connectivity index (χ4v) is 1.39. The molecule has 1 rings (SSSR count). The van der Waals surface area contributed by atoms with Crippen LogP contribution in [0.1, 0.15) is 26.7 Å². The maximum absolute atomic E-state index is 2.53. The molecule has 1 aliphatic rings. The van der Waals surface area contributed by atoms with E-state index in [0.29, 0.717) is 3.42 Å². The average molecular weight is 210 g/mol. The van der Waals surface area contributed by atoms with Gasteiger partial charge in [0, 0.05) is 3.42 Å². The van der Waals surface area contributed by atoms with E-state index >= 15 is 0 Å². The Morgan fingerprint density at radius 2 is 1.86 bits per heavy atom. The van der Waals surface area contributed by atoms with Crippen LogP contribution in [0.25, 0.3) is 0 Å². The molecule has 0 heterocycles. The summed E-state index contributed by atoms with van der Waals surface area (Å²) in [5, 5.41) is 0. The zero-order valence-corrected chi connectivity index (χ0v) is 7.03. The highest BCUT2D eigenvalue weighted by molar-refractivity contribution is 14.1.